The Balaban J connectivity index is 1.53. The molecule has 1 N–H and O–H groups in total. The highest BCUT2D eigenvalue weighted by Gasteiger charge is 2.27. The first-order valence-electron chi connectivity index (χ1n) is 10.2. The van der Waals surface area contributed by atoms with E-state index in [-0.39, 0.29) is 12.0 Å². The van der Waals surface area contributed by atoms with Gasteiger partial charge in [-0.3, -0.25) is 4.79 Å². The average Bonchev–Trinajstić information content (AvgIpc) is 2.68. The first-order chi connectivity index (χ1) is 13.8. The molecule has 2 aliphatic rings. The number of likely N-dealkylation sites (tertiary alicyclic amines) is 1. The largest absolute Gasteiger partial charge is 0.444 e. The third-order valence-corrected chi connectivity index (χ3v) is 4.99. The second kappa shape index (κ2) is 9.20. The van der Waals surface area contributed by atoms with Crippen molar-refractivity contribution in [2.45, 2.75) is 64.4 Å². The van der Waals surface area contributed by atoms with E-state index >= 15 is 0 Å². The fourth-order valence-corrected chi connectivity index (χ4v) is 3.58. The van der Waals surface area contributed by atoms with Crippen LogP contribution in [0.1, 0.15) is 63.5 Å². The molecule has 0 spiro atoms. The van der Waals surface area contributed by atoms with Crippen molar-refractivity contribution in [2.24, 2.45) is 10.2 Å². The third-order valence-electron chi connectivity index (χ3n) is 4.99. The highest BCUT2D eigenvalue weighted by atomic mass is 16.6. The fraction of sp³-hybridized carbons (Fsp3) is 0.545. The van der Waals surface area contributed by atoms with Crippen LogP contribution in [0.4, 0.5) is 4.79 Å². The van der Waals surface area contributed by atoms with Crippen LogP contribution in [0, 0.1) is 0 Å². The second-order valence-corrected chi connectivity index (χ2v) is 8.60. The van der Waals surface area contributed by atoms with Gasteiger partial charge in [0, 0.05) is 25.7 Å². The molecule has 1 aromatic rings. The highest BCUT2D eigenvalue weighted by Crippen LogP contribution is 2.29. The summed E-state index contributed by atoms with van der Waals surface area (Å²) in [7, 11) is 0. The van der Waals surface area contributed by atoms with Gasteiger partial charge in [-0.25, -0.2) is 4.79 Å². The molecule has 156 valence electrons. The minimum atomic E-state index is -0.474. The quantitative estimate of drug-likeness (QED) is 0.844. The van der Waals surface area contributed by atoms with E-state index < -0.39 is 5.60 Å². The zero-order valence-corrected chi connectivity index (χ0v) is 17.5. The number of carbonyl (C=O) groups excluding carboxylic acids is 2. The Kier molecular flexibility index (Phi) is 6.67. The smallest absolute Gasteiger partial charge is 0.410 e. The van der Waals surface area contributed by atoms with E-state index in [1.165, 1.54) is 5.56 Å². The van der Waals surface area contributed by atoms with E-state index in [1.54, 1.807) is 11.1 Å². The predicted octanol–water partition coefficient (Wildman–Crippen LogP) is 3.64. The zero-order valence-electron chi connectivity index (χ0n) is 17.5. The third kappa shape index (κ3) is 6.41. The van der Waals surface area contributed by atoms with Crippen molar-refractivity contribution in [1.82, 2.24) is 10.2 Å². The summed E-state index contributed by atoms with van der Waals surface area (Å²) in [6, 6.07) is 8.18. The molecule has 7 nitrogen and oxygen atoms in total. The Hall–Kier alpha value is -2.70. The lowest BCUT2D eigenvalue weighted by molar-refractivity contribution is -0.119. The van der Waals surface area contributed by atoms with Crippen molar-refractivity contribution in [2.75, 3.05) is 13.1 Å². The molecule has 3 rings (SSSR count). The molecule has 0 atom stereocenters. The van der Waals surface area contributed by atoms with Gasteiger partial charge < -0.3 is 15.0 Å². The van der Waals surface area contributed by atoms with Crippen LogP contribution in [-0.4, -0.2) is 47.6 Å². The van der Waals surface area contributed by atoms with Crippen molar-refractivity contribution in [3.8, 4) is 0 Å². The van der Waals surface area contributed by atoms with Gasteiger partial charge in [0.05, 0.1) is 6.42 Å². The number of hydrogen-bond donors (Lipinski definition) is 1. The summed E-state index contributed by atoms with van der Waals surface area (Å²) >= 11 is 0. The number of nitrogens with zero attached hydrogens (tertiary/aromatic N) is 3. The minimum Gasteiger partial charge on any atom is -0.444 e. The van der Waals surface area contributed by atoms with Crippen molar-refractivity contribution >= 4 is 24.1 Å². The maximum absolute atomic E-state index is 12.3. The molecule has 0 aromatic heterocycles. The van der Waals surface area contributed by atoms with E-state index in [2.05, 4.69) is 27.7 Å². The normalized spacial score (nSPS) is 17.6. The lowest BCUT2D eigenvalue weighted by atomic mass is 9.88. The van der Waals surface area contributed by atoms with Gasteiger partial charge in [-0.1, -0.05) is 24.3 Å². The average molecular weight is 399 g/mol. The van der Waals surface area contributed by atoms with E-state index in [0.717, 1.165) is 24.8 Å². The van der Waals surface area contributed by atoms with E-state index in [1.807, 2.05) is 32.9 Å². The van der Waals surface area contributed by atoms with Crippen molar-refractivity contribution in [1.29, 1.82) is 0 Å². The maximum atomic E-state index is 12.3. The van der Waals surface area contributed by atoms with Gasteiger partial charge in [0.2, 0.25) is 5.91 Å². The Labute approximate surface area is 172 Å². The fourth-order valence-electron chi connectivity index (χ4n) is 3.58. The number of ether oxygens (including phenoxy) is 1. The molecule has 2 heterocycles. The molecule has 1 fully saturated rings. The number of amidine groups is 1. The van der Waals surface area contributed by atoms with Gasteiger partial charge in [0.25, 0.3) is 0 Å². The molecule has 29 heavy (non-hydrogen) atoms. The van der Waals surface area contributed by atoms with Crippen molar-refractivity contribution in [3.63, 3.8) is 0 Å². The van der Waals surface area contributed by atoms with Gasteiger partial charge in [-0.05, 0) is 57.1 Å². The van der Waals surface area contributed by atoms with Crippen molar-refractivity contribution < 1.29 is 14.3 Å². The van der Waals surface area contributed by atoms with Crippen LogP contribution >= 0.6 is 0 Å². The number of rotatable bonds is 3. The van der Waals surface area contributed by atoms with Crippen LogP contribution in [0.15, 0.2) is 34.5 Å². The Morgan fingerprint density at radius 3 is 2.66 bits per heavy atom. The number of benzene rings is 1. The monoisotopic (exact) mass is 398 g/mol. The molecule has 1 saturated heterocycles. The summed E-state index contributed by atoms with van der Waals surface area (Å²) < 4.78 is 5.47. The Bertz CT molecular complexity index is 803. The van der Waals surface area contributed by atoms with E-state index in [4.69, 9.17) is 4.74 Å². The van der Waals surface area contributed by atoms with E-state index in [9.17, 15) is 9.59 Å². The number of nitrogens with one attached hydrogen (secondary N) is 1. The van der Waals surface area contributed by atoms with Gasteiger partial charge >= 0.3 is 6.09 Å². The summed E-state index contributed by atoms with van der Waals surface area (Å²) in [6.45, 7) is 7.02. The molecule has 2 amide bonds. The van der Waals surface area contributed by atoms with Crippen molar-refractivity contribution in [3.05, 3.63) is 35.4 Å². The number of amides is 2. The molecular formula is C22H30N4O3. The van der Waals surface area contributed by atoms with Gasteiger partial charge in [-0.2, -0.15) is 5.10 Å². The van der Waals surface area contributed by atoms with Gasteiger partial charge in [0.1, 0.15) is 11.4 Å². The van der Waals surface area contributed by atoms with Crippen LogP contribution < -0.4 is 5.32 Å². The van der Waals surface area contributed by atoms with E-state index in [0.29, 0.717) is 37.7 Å². The second-order valence-electron chi connectivity index (χ2n) is 8.60. The molecule has 0 radical (unpaired) electrons. The lowest BCUT2D eigenvalue weighted by Crippen LogP contribution is -2.41. The summed E-state index contributed by atoms with van der Waals surface area (Å²) in [5.41, 5.74) is 1.73. The Morgan fingerprint density at radius 1 is 1.24 bits per heavy atom. The van der Waals surface area contributed by atoms with Crippen LogP contribution in [-0.2, 0) is 16.0 Å². The zero-order chi connectivity index (χ0) is 20.9. The van der Waals surface area contributed by atoms with Crippen LogP contribution in [0.3, 0.4) is 0 Å². The Morgan fingerprint density at radius 2 is 2.00 bits per heavy atom. The molecule has 0 aliphatic carbocycles. The molecule has 7 heteroatoms. The number of piperidine rings is 1. The first kappa shape index (κ1) is 21.0. The maximum Gasteiger partial charge on any atom is 0.410 e. The first-order valence-corrected chi connectivity index (χ1v) is 10.2. The topological polar surface area (TPSA) is 83.4 Å². The summed E-state index contributed by atoms with van der Waals surface area (Å²) in [6.07, 6.45) is 5.12. The lowest BCUT2D eigenvalue weighted by Gasteiger charge is -2.33. The predicted molar refractivity (Wildman–Crippen MR) is 113 cm³/mol. The molecule has 0 unspecified atom stereocenters. The molecule has 0 bridgehead atoms. The summed E-state index contributed by atoms with van der Waals surface area (Å²) in [5.74, 6) is 0.940. The van der Waals surface area contributed by atoms with Crippen LogP contribution in [0.2, 0.25) is 0 Å². The summed E-state index contributed by atoms with van der Waals surface area (Å²) in [4.78, 5) is 26.3. The molecular weight excluding hydrogens is 368 g/mol. The van der Waals surface area contributed by atoms with Gasteiger partial charge in [0.15, 0.2) is 0 Å². The summed E-state index contributed by atoms with van der Waals surface area (Å²) in [5, 5.41) is 10.6. The highest BCUT2D eigenvalue weighted by molar-refractivity contribution is 6.00. The van der Waals surface area contributed by atoms with Crippen LogP contribution in [0.25, 0.3) is 0 Å². The van der Waals surface area contributed by atoms with Crippen LogP contribution in [0.5, 0.6) is 0 Å². The molecule has 0 saturated carbocycles. The standard InChI is InChI=1S/C22H30N4O3/c1-22(2,3)29-21(28)26-12-9-17(10-13-26)18-7-4-6-16(14-18)15-20(27)24-19-8-5-11-23-25-19/h4,6-7,11,14,17H,5,8-10,12-13,15H2,1-3H3,(H,24,25,27). The number of carbonyl (C=O) groups is 2. The molecule has 2 aliphatic heterocycles. The minimum absolute atomic E-state index is 0.0715. The van der Waals surface area contributed by atoms with Gasteiger partial charge in [-0.15, -0.1) is 5.10 Å². The number of hydrogen-bond acceptors (Lipinski definition) is 5. The SMILES string of the molecule is CC(C)(C)OC(=O)N1CCC(c2cccc(CC(=O)NC3=NN=CCC3)c2)CC1. The molecule has 1 aromatic carbocycles.